The van der Waals surface area contributed by atoms with Crippen molar-refractivity contribution < 1.29 is 4.79 Å². The number of amides is 1. The van der Waals surface area contributed by atoms with Gasteiger partial charge in [-0.15, -0.1) is 11.3 Å². The molecule has 1 saturated heterocycles. The number of hydrogen-bond donors (Lipinski definition) is 0. The number of thiophene rings is 1. The molecule has 1 fully saturated rings. The number of hydrogen-bond acceptors (Lipinski definition) is 5. The van der Waals surface area contributed by atoms with Gasteiger partial charge in [0.1, 0.15) is 10.9 Å². The fraction of sp³-hybridized carbons (Fsp3) is 0.269. The average Bonchev–Trinajstić information content (AvgIpc) is 3.30. The van der Waals surface area contributed by atoms with E-state index >= 15 is 0 Å². The molecule has 0 radical (unpaired) electrons. The molecule has 5 rings (SSSR count). The van der Waals surface area contributed by atoms with Crippen molar-refractivity contribution in [1.82, 2.24) is 14.7 Å². The van der Waals surface area contributed by atoms with E-state index in [-0.39, 0.29) is 5.91 Å². The molecule has 0 bridgehead atoms. The Morgan fingerprint density at radius 2 is 1.85 bits per heavy atom. The third-order valence-electron chi connectivity index (χ3n) is 6.14. The molecule has 3 heterocycles. The van der Waals surface area contributed by atoms with Crippen LogP contribution in [-0.4, -0.2) is 46.8 Å². The molecule has 1 aliphatic rings. The predicted molar refractivity (Wildman–Crippen MR) is 132 cm³/mol. The topological polar surface area (TPSA) is 65.2 Å². The summed E-state index contributed by atoms with van der Waals surface area (Å²) in [6.45, 7) is 5.60. The highest BCUT2D eigenvalue weighted by molar-refractivity contribution is 7.20. The van der Waals surface area contributed by atoms with Gasteiger partial charge in [-0.3, -0.25) is 9.48 Å². The van der Waals surface area contributed by atoms with Gasteiger partial charge in [0.15, 0.2) is 0 Å². The summed E-state index contributed by atoms with van der Waals surface area (Å²) in [5, 5.41) is 15.2. The number of nitrogens with zero attached hydrogens (tertiary/aromatic N) is 5. The molecule has 7 heteroatoms. The first kappa shape index (κ1) is 21.2. The summed E-state index contributed by atoms with van der Waals surface area (Å²) in [6, 6.07) is 22.2. The molecule has 2 aromatic heterocycles. The van der Waals surface area contributed by atoms with Crippen LogP contribution >= 0.6 is 11.3 Å². The molecule has 4 aromatic rings. The van der Waals surface area contributed by atoms with Crippen molar-refractivity contribution in [3.63, 3.8) is 0 Å². The molecular weight excluding hydrogens is 430 g/mol. The van der Waals surface area contributed by atoms with Crippen LogP contribution in [0.3, 0.4) is 0 Å². The molecule has 0 spiro atoms. The number of fused-ring (bicyclic) bond motifs is 1. The van der Waals surface area contributed by atoms with Gasteiger partial charge in [-0.05, 0) is 37.1 Å². The number of para-hydroxylation sites is 1. The van der Waals surface area contributed by atoms with Gasteiger partial charge in [-0.25, -0.2) is 0 Å². The molecule has 33 heavy (non-hydrogen) atoms. The highest BCUT2D eigenvalue weighted by atomic mass is 32.1. The van der Waals surface area contributed by atoms with Crippen LogP contribution in [0.4, 0.5) is 5.69 Å². The van der Waals surface area contributed by atoms with Gasteiger partial charge in [-0.2, -0.15) is 10.4 Å². The second kappa shape index (κ2) is 9.08. The highest BCUT2D eigenvalue weighted by Crippen LogP contribution is 2.30. The SMILES string of the molecule is Cc1nn(Cc2ccccc2)c2sc(C(=O)N3CCCN(c4ccccc4C#N)CC3)cc12. The smallest absolute Gasteiger partial charge is 0.264 e. The van der Waals surface area contributed by atoms with Gasteiger partial charge in [0.05, 0.1) is 28.4 Å². The lowest BCUT2D eigenvalue weighted by Gasteiger charge is -2.24. The number of rotatable bonds is 4. The molecule has 0 aliphatic carbocycles. The predicted octanol–water partition coefficient (Wildman–Crippen LogP) is 4.68. The Labute approximate surface area is 197 Å². The second-order valence-corrected chi connectivity index (χ2v) is 9.35. The fourth-order valence-electron chi connectivity index (χ4n) is 4.44. The lowest BCUT2D eigenvalue weighted by atomic mass is 10.1. The molecule has 0 saturated carbocycles. The normalized spacial score (nSPS) is 14.3. The Kier molecular flexibility index (Phi) is 5.84. The maximum atomic E-state index is 13.4. The van der Waals surface area contributed by atoms with Crippen molar-refractivity contribution in [3.05, 3.63) is 82.4 Å². The minimum absolute atomic E-state index is 0.0808. The van der Waals surface area contributed by atoms with Gasteiger partial charge >= 0.3 is 0 Å². The van der Waals surface area contributed by atoms with Gasteiger partial charge in [-0.1, -0.05) is 42.5 Å². The number of aromatic nitrogens is 2. The molecule has 0 N–H and O–H groups in total. The van der Waals surface area contributed by atoms with Crippen molar-refractivity contribution in [2.45, 2.75) is 19.9 Å². The van der Waals surface area contributed by atoms with Crippen molar-refractivity contribution in [1.29, 1.82) is 5.26 Å². The Morgan fingerprint density at radius 3 is 2.67 bits per heavy atom. The quantitative estimate of drug-likeness (QED) is 0.448. The van der Waals surface area contributed by atoms with E-state index in [0.717, 1.165) is 46.0 Å². The van der Waals surface area contributed by atoms with Crippen LogP contribution in [0, 0.1) is 18.3 Å². The first-order valence-corrected chi connectivity index (χ1v) is 12.0. The van der Waals surface area contributed by atoms with Crippen molar-refractivity contribution in [2.24, 2.45) is 0 Å². The van der Waals surface area contributed by atoms with E-state index in [1.54, 1.807) is 0 Å². The summed E-state index contributed by atoms with van der Waals surface area (Å²) >= 11 is 1.53. The summed E-state index contributed by atoms with van der Waals surface area (Å²) in [7, 11) is 0. The number of aryl methyl sites for hydroxylation is 1. The first-order chi connectivity index (χ1) is 16.1. The zero-order valence-corrected chi connectivity index (χ0v) is 19.4. The zero-order valence-electron chi connectivity index (χ0n) is 18.6. The van der Waals surface area contributed by atoms with E-state index in [1.165, 1.54) is 16.9 Å². The standard InChI is InChI=1S/C26H25N5OS/c1-19-22-16-24(33-26(22)31(28-19)18-20-8-3-2-4-9-20)25(32)30-13-7-12-29(14-15-30)23-11-6-5-10-21(23)17-27/h2-6,8-11,16H,7,12-15,18H2,1H3. The molecule has 0 unspecified atom stereocenters. The average molecular weight is 456 g/mol. The lowest BCUT2D eigenvalue weighted by molar-refractivity contribution is 0.0772. The largest absolute Gasteiger partial charge is 0.369 e. The molecule has 166 valence electrons. The lowest BCUT2D eigenvalue weighted by Crippen LogP contribution is -2.35. The molecule has 0 atom stereocenters. The molecular formula is C26H25N5OS. The summed E-state index contributed by atoms with van der Waals surface area (Å²) in [5.41, 5.74) is 3.77. The second-order valence-electron chi connectivity index (χ2n) is 8.32. The first-order valence-electron chi connectivity index (χ1n) is 11.2. The minimum atomic E-state index is 0.0808. The highest BCUT2D eigenvalue weighted by Gasteiger charge is 2.24. The van der Waals surface area contributed by atoms with Crippen molar-refractivity contribution in [3.8, 4) is 6.07 Å². The Bertz CT molecular complexity index is 1330. The van der Waals surface area contributed by atoms with E-state index in [0.29, 0.717) is 25.2 Å². The summed E-state index contributed by atoms with van der Waals surface area (Å²) < 4.78 is 2.00. The molecule has 1 aliphatic heterocycles. The third-order valence-corrected chi connectivity index (χ3v) is 7.28. The van der Waals surface area contributed by atoms with Gasteiger partial charge in [0, 0.05) is 31.6 Å². The minimum Gasteiger partial charge on any atom is -0.369 e. The number of benzene rings is 2. The van der Waals surface area contributed by atoms with E-state index < -0.39 is 0 Å². The summed E-state index contributed by atoms with van der Waals surface area (Å²) in [4.78, 5) is 19.4. The number of carbonyl (C=O) groups excluding carboxylic acids is 1. The van der Waals surface area contributed by atoms with E-state index in [4.69, 9.17) is 5.10 Å². The summed E-state index contributed by atoms with van der Waals surface area (Å²) in [5.74, 6) is 0.0808. The molecule has 1 amide bonds. The van der Waals surface area contributed by atoms with Crippen LogP contribution in [0.2, 0.25) is 0 Å². The monoisotopic (exact) mass is 455 g/mol. The van der Waals surface area contributed by atoms with Crippen LogP contribution in [0.25, 0.3) is 10.2 Å². The van der Waals surface area contributed by atoms with E-state index in [1.807, 2.05) is 65.0 Å². The number of nitriles is 1. The third kappa shape index (κ3) is 4.22. The van der Waals surface area contributed by atoms with Crippen LogP contribution in [0.1, 0.15) is 32.9 Å². The maximum absolute atomic E-state index is 13.4. The Morgan fingerprint density at radius 1 is 1.06 bits per heavy atom. The van der Waals surface area contributed by atoms with Crippen molar-refractivity contribution >= 4 is 33.1 Å². The van der Waals surface area contributed by atoms with Gasteiger partial charge in [0.2, 0.25) is 0 Å². The van der Waals surface area contributed by atoms with E-state index in [2.05, 4.69) is 23.1 Å². The fourth-order valence-corrected chi connectivity index (χ4v) is 5.57. The molecule has 2 aromatic carbocycles. The maximum Gasteiger partial charge on any atom is 0.264 e. The molecule has 6 nitrogen and oxygen atoms in total. The van der Waals surface area contributed by atoms with Gasteiger partial charge < -0.3 is 9.80 Å². The summed E-state index contributed by atoms with van der Waals surface area (Å²) in [6.07, 6.45) is 0.872. The van der Waals surface area contributed by atoms with Crippen LogP contribution in [-0.2, 0) is 6.54 Å². The van der Waals surface area contributed by atoms with Gasteiger partial charge in [0.25, 0.3) is 5.91 Å². The number of anilines is 1. The van der Waals surface area contributed by atoms with Crippen LogP contribution in [0.15, 0.2) is 60.7 Å². The Balaban J connectivity index is 1.35. The van der Waals surface area contributed by atoms with Crippen LogP contribution in [0.5, 0.6) is 0 Å². The Hall–Kier alpha value is -3.63. The zero-order chi connectivity index (χ0) is 22.8. The number of carbonyl (C=O) groups is 1. The van der Waals surface area contributed by atoms with E-state index in [9.17, 15) is 10.1 Å². The van der Waals surface area contributed by atoms with Crippen LogP contribution < -0.4 is 4.90 Å². The van der Waals surface area contributed by atoms with Crippen molar-refractivity contribution in [2.75, 3.05) is 31.1 Å².